The summed E-state index contributed by atoms with van der Waals surface area (Å²) in [7, 11) is 0. The number of hydrogen-bond donors (Lipinski definition) is 1. The van der Waals surface area contributed by atoms with Crippen LogP contribution in [-0.4, -0.2) is 106 Å². The monoisotopic (exact) mass is 985 g/mol. The van der Waals surface area contributed by atoms with Gasteiger partial charge in [0.2, 0.25) is 0 Å². The molecule has 0 spiro atoms. The molecule has 1 N–H and O–H groups in total. The Kier molecular flexibility index (Phi) is 20.9. The van der Waals surface area contributed by atoms with Crippen LogP contribution >= 0.6 is 11.6 Å². The van der Waals surface area contributed by atoms with Gasteiger partial charge in [-0.25, -0.2) is 0 Å². The molecule has 4 aromatic carbocycles. The second kappa shape index (κ2) is 27.0. The van der Waals surface area contributed by atoms with Gasteiger partial charge in [-0.05, 0) is 101 Å². The second-order valence-corrected chi connectivity index (χ2v) is 20.3. The average Bonchev–Trinajstić information content (AvgIpc) is 4.02. The number of H-pyrrole nitrogens is 1. The molecule has 2 saturated heterocycles. The quantitative estimate of drug-likeness (QED) is 0.0560. The van der Waals surface area contributed by atoms with Crippen molar-refractivity contribution in [2.45, 2.75) is 130 Å². The number of unbranched alkanes of at least 4 members (excludes halogenated alkanes) is 8. The maximum absolute atomic E-state index is 13.4. The topological polar surface area (TPSA) is 114 Å². The summed E-state index contributed by atoms with van der Waals surface area (Å²) < 4.78 is 12.9. The van der Waals surface area contributed by atoms with Crippen LogP contribution in [0, 0.1) is 0 Å². The van der Waals surface area contributed by atoms with Crippen LogP contribution in [0.1, 0.15) is 160 Å². The van der Waals surface area contributed by atoms with Gasteiger partial charge < -0.3 is 19.0 Å². The molecule has 11 heteroatoms. The number of ketones is 4. The number of aromatic amines is 1. The summed E-state index contributed by atoms with van der Waals surface area (Å²) in [4.78, 5) is 58.6. The van der Waals surface area contributed by atoms with Gasteiger partial charge in [0, 0.05) is 101 Å². The van der Waals surface area contributed by atoms with Gasteiger partial charge in [-0.2, -0.15) is 0 Å². The number of rotatable bonds is 21. The Morgan fingerprint density at radius 3 is 1.52 bits per heavy atom. The molecule has 0 atom stereocenters. The summed E-state index contributed by atoms with van der Waals surface area (Å²) in [6.45, 7) is 18.2. The van der Waals surface area contributed by atoms with E-state index in [1.807, 2.05) is 113 Å². The summed E-state index contributed by atoms with van der Waals surface area (Å²) in [5, 5.41) is 2.69. The molecule has 8 rings (SSSR count). The number of aromatic nitrogens is 2. The van der Waals surface area contributed by atoms with E-state index in [0.717, 1.165) is 84.1 Å². The highest BCUT2D eigenvalue weighted by atomic mass is 35.5. The first kappa shape index (κ1) is 55.1. The number of carbonyl (C=O) groups is 4. The van der Waals surface area contributed by atoms with Crippen LogP contribution in [0.2, 0.25) is 5.02 Å². The van der Waals surface area contributed by atoms with E-state index in [-0.39, 0.29) is 23.1 Å². The number of benzene rings is 4. The van der Waals surface area contributed by atoms with Crippen LogP contribution in [0.5, 0.6) is 0 Å². The molecule has 0 bridgehead atoms. The van der Waals surface area contributed by atoms with Crippen LogP contribution in [0.15, 0.2) is 109 Å². The van der Waals surface area contributed by atoms with E-state index >= 15 is 0 Å². The third-order valence-electron chi connectivity index (χ3n) is 14.1. The summed E-state index contributed by atoms with van der Waals surface area (Å²) in [5.41, 5.74) is 4.96. The number of nitrogens with one attached hydrogen (secondary N) is 1. The van der Waals surface area contributed by atoms with Crippen molar-refractivity contribution in [1.29, 1.82) is 0 Å². The fraction of sp³-hybridized carbons (Fsp3) is 0.467. The maximum Gasteiger partial charge on any atom is 0.182 e. The number of halogens is 1. The van der Waals surface area contributed by atoms with Crippen molar-refractivity contribution in [2.24, 2.45) is 0 Å². The van der Waals surface area contributed by atoms with Gasteiger partial charge in [0.05, 0.1) is 43.0 Å². The molecule has 0 radical (unpaired) electrons. The molecule has 4 heterocycles. The molecule has 0 unspecified atom stereocenters. The van der Waals surface area contributed by atoms with Crippen molar-refractivity contribution < 1.29 is 28.7 Å². The van der Waals surface area contributed by atoms with Crippen LogP contribution in [0.4, 0.5) is 0 Å². The van der Waals surface area contributed by atoms with E-state index < -0.39 is 11.1 Å². The summed E-state index contributed by atoms with van der Waals surface area (Å²) in [5.74, 6) is 0.711. The third-order valence-corrected chi connectivity index (χ3v) is 14.4. The van der Waals surface area contributed by atoms with E-state index in [0.29, 0.717) is 55.4 Å². The van der Waals surface area contributed by atoms with Crippen molar-refractivity contribution in [3.63, 3.8) is 0 Å². The van der Waals surface area contributed by atoms with E-state index in [1.54, 1.807) is 24.3 Å². The zero-order valence-electron chi connectivity index (χ0n) is 43.2. The largest absolute Gasteiger partial charge is 0.379 e. The van der Waals surface area contributed by atoms with Crippen LogP contribution in [0.3, 0.4) is 0 Å². The number of Topliss-reactive ketones (excluding diaryl/α,β-unsaturated/α-hetero) is 4. The predicted octanol–water partition coefficient (Wildman–Crippen LogP) is 13.8. The summed E-state index contributed by atoms with van der Waals surface area (Å²) in [6, 6.07) is 30.9. The number of morpholine rings is 2. The van der Waals surface area contributed by atoms with E-state index in [9.17, 15) is 19.2 Å². The second-order valence-electron chi connectivity index (χ2n) is 19.9. The average molecular weight is 986 g/mol. The summed E-state index contributed by atoms with van der Waals surface area (Å²) >= 11 is 5.84. The highest BCUT2D eigenvalue weighted by molar-refractivity contribution is 6.30. The molecule has 0 amide bonds. The standard InChI is InChI=1S/C30H38N2O3.C16H21NO.C14H18ClNO2/c1-4-5-6-7-8-13-28(33)26-22-32(27-12-10-9-11-25(26)27)24-16-14-23(15-17-24)29(34)30(2,3)31-18-20-35-21-19-31;1-2-3-4-5-6-11-16(18)14-12-17-15-10-8-7-9-13(14)15;1-14(2,16-7-9-18-10-8-16)13(17)11-3-5-12(15)6-4-11/h9-12,14-17,22H,4-8,13,18-21H2,1-3H3;7-10,12,17H,2-6,11H2,1H3;3-6H,7-10H2,1-2H3. The van der Waals surface area contributed by atoms with E-state index in [4.69, 9.17) is 21.1 Å². The molecule has 2 fully saturated rings. The van der Waals surface area contributed by atoms with Gasteiger partial charge in [0.1, 0.15) is 0 Å². The number of carbonyl (C=O) groups excluding carboxylic acids is 4. The minimum Gasteiger partial charge on any atom is -0.379 e. The lowest BCUT2D eigenvalue weighted by Gasteiger charge is -2.39. The Balaban J connectivity index is 0.000000192. The maximum atomic E-state index is 13.4. The molecule has 2 aliphatic rings. The Morgan fingerprint density at radius 2 is 1.00 bits per heavy atom. The SMILES string of the molecule is CC(C)(C(=O)c1ccc(Cl)cc1)N1CCOCC1.CCCCCCCC(=O)c1c[nH]c2ccccc12.CCCCCCCC(=O)c1cn(-c2ccc(C(=O)C(C)(C)N3CCOCC3)cc2)c2ccccc12. The Hall–Kier alpha value is -5.23. The number of nitrogens with zero attached hydrogens (tertiary/aromatic N) is 3. The molecule has 380 valence electrons. The fourth-order valence-electron chi connectivity index (χ4n) is 9.58. The number of hydrogen-bond acceptors (Lipinski definition) is 8. The Bertz CT molecular complexity index is 2630. The minimum absolute atomic E-state index is 0.113. The lowest BCUT2D eigenvalue weighted by molar-refractivity contribution is -0.00442. The first-order chi connectivity index (χ1) is 34.3. The van der Waals surface area contributed by atoms with Crippen molar-refractivity contribution in [3.05, 3.63) is 137 Å². The summed E-state index contributed by atoms with van der Waals surface area (Å²) in [6.07, 6.45) is 16.7. The number of ether oxygens (including phenoxy) is 2. The van der Waals surface area contributed by atoms with Gasteiger partial charge in [0.25, 0.3) is 0 Å². The molecule has 0 aliphatic carbocycles. The van der Waals surface area contributed by atoms with Gasteiger partial charge in [-0.3, -0.25) is 29.0 Å². The zero-order chi connectivity index (χ0) is 50.8. The van der Waals surface area contributed by atoms with Gasteiger partial charge in [0.15, 0.2) is 23.1 Å². The lowest BCUT2D eigenvalue weighted by Crippen LogP contribution is -2.54. The lowest BCUT2D eigenvalue weighted by atomic mass is 9.91. The smallest absolute Gasteiger partial charge is 0.182 e. The van der Waals surface area contributed by atoms with Crippen LogP contribution in [0.25, 0.3) is 27.5 Å². The van der Waals surface area contributed by atoms with Gasteiger partial charge in [-0.1, -0.05) is 113 Å². The van der Waals surface area contributed by atoms with Gasteiger partial charge >= 0.3 is 0 Å². The van der Waals surface area contributed by atoms with Crippen LogP contribution < -0.4 is 0 Å². The fourth-order valence-corrected chi connectivity index (χ4v) is 9.70. The van der Waals surface area contributed by atoms with Crippen molar-refractivity contribution in [2.75, 3.05) is 52.6 Å². The zero-order valence-corrected chi connectivity index (χ0v) is 44.0. The normalized spacial score (nSPS) is 14.6. The van der Waals surface area contributed by atoms with E-state index in [2.05, 4.69) is 33.2 Å². The highest BCUT2D eigenvalue weighted by Gasteiger charge is 2.37. The molecular formula is C60H77ClN4O6. The highest BCUT2D eigenvalue weighted by Crippen LogP contribution is 2.29. The Morgan fingerprint density at radius 1 is 0.549 bits per heavy atom. The van der Waals surface area contributed by atoms with E-state index in [1.165, 1.54) is 44.9 Å². The van der Waals surface area contributed by atoms with Crippen molar-refractivity contribution >= 4 is 56.5 Å². The van der Waals surface area contributed by atoms with Crippen molar-refractivity contribution in [3.8, 4) is 5.69 Å². The number of para-hydroxylation sites is 2. The first-order valence-corrected chi connectivity index (χ1v) is 26.5. The predicted molar refractivity (Wildman–Crippen MR) is 290 cm³/mol. The molecule has 0 saturated carbocycles. The Labute approximate surface area is 427 Å². The molecule has 6 aromatic rings. The molecule has 10 nitrogen and oxygen atoms in total. The molecule has 2 aliphatic heterocycles. The first-order valence-electron chi connectivity index (χ1n) is 26.1. The van der Waals surface area contributed by atoms with Gasteiger partial charge in [-0.15, -0.1) is 0 Å². The minimum atomic E-state index is -0.581. The molecule has 2 aromatic heterocycles. The molecule has 71 heavy (non-hydrogen) atoms. The molecular weight excluding hydrogens is 908 g/mol. The number of fused-ring (bicyclic) bond motifs is 2. The third kappa shape index (κ3) is 14.7. The van der Waals surface area contributed by atoms with Crippen molar-refractivity contribution in [1.82, 2.24) is 19.4 Å². The van der Waals surface area contributed by atoms with Crippen LogP contribution in [-0.2, 0) is 9.47 Å².